The minimum Gasteiger partial charge on any atom is -0.373 e. The third-order valence-electron chi connectivity index (χ3n) is 2.93. The van der Waals surface area contributed by atoms with Gasteiger partial charge < -0.3 is 9.47 Å². The van der Waals surface area contributed by atoms with E-state index in [0.29, 0.717) is 18.3 Å². The minimum atomic E-state index is 0.616. The second-order valence-corrected chi connectivity index (χ2v) is 3.66. The van der Waals surface area contributed by atoms with Crippen molar-refractivity contribution in [3.63, 3.8) is 0 Å². The number of hydrogen-bond donors (Lipinski definition) is 0. The van der Waals surface area contributed by atoms with E-state index in [2.05, 4.69) is 0 Å². The van der Waals surface area contributed by atoms with Crippen molar-refractivity contribution in [1.29, 1.82) is 0 Å². The van der Waals surface area contributed by atoms with Crippen LogP contribution >= 0.6 is 0 Å². The van der Waals surface area contributed by atoms with E-state index < -0.39 is 0 Å². The summed E-state index contributed by atoms with van der Waals surface area (Å²) in [6.45, 7) is 1.02. The van der Waals surface area contributed by atoms with Gasteiger partial charge in [0, 0.05) is 0 Å². The molecule has 0 spiro atoms. The van der Waals surface area contributed by atoms with Crippen LogP contribution in [0.25, 0.3) is 0 Å². The molecule has 56 valence electrons. The van der Waals surface area contributed by atoms with Gasteiger partial charge in [0.15, 0.2) is 0 Å². The van der Waals surface area contributed by atoms with Gasteiger partial charge in [0.1, 0.15) is 0 Å². The van der Waals surface area contributed by atoms with Crippen molar-refractivity contribution in [2.45, 2.75) is 37.6 Å². The molecule has 3 rings (SSSR count). The zero-order valence-electron chi connectivity index (χ0n) is 5.95. The Bertz CT molecular complexity index is 153. The molecule has 0 unspecified atom stereocenters. The third-order valence-corrected chi connectivity index (χ3v) is 2.93. The Kier molecular flexibility index (Phi) is 0.968. The van der Waals surface area contributed by atoms with Gasteiger partial charge in [-0.2, -0.15) is 0 Å². The van der Waals surface area contributed by atoms with Crippen LogP contribution in [-0.2, 0) is 9.47 Å². The Hall–Kier alpha value is -0.0800. The molecular formula is C8H12O2. The van der Waals surface area contributed by atoms with Crippen molar-refractivity contribution < 1.29 is 9.47 Å². The standard InChI is InChI=1S/C8H12O2/c1-2-6-7(10-6)3-5(1)8-4-9-8/h5-8H,1-4H2/t5-,6+,7+,8-/m0/s1. The quantitative estimate of drug-likeness (QED) is 0.507. The van der Waals surface area contributed by atoms with Gasteiger partial charge in [-0.3, -0.25) is 0 Å². The van der Waals surface area contributed by atoms with Gasteiger partial charge in [-0.05, 0) is 25.2 Å². The lowest BCUT2D eigenvalue weighted by Gasteiger charge is -2.15. The van der Waals surface area contributed by atoms with E-state index >= 15 is 0 Å². The number of fused-ring (bicyclic) bond motifs is 1. The summed E-state index contributed by atoms with van der Waals surface area (Å²) in [5.74, 6) is 0.837. The predicted molar refractivity (Wildman–Crippen MR) is 35.7 cm³/mol. The SMILES string of the molecule is C1C[C@H]2O[C@@H]2C[C@H]1[C@@H]1CO1. The summed E-state index contributed by atoms with van der Waals surface area (Å²) in [7, 11) is 0. The molecule has 2 nitrogen and oxygen atoms in total. The van der Waals surface area contributed by atoms with Crippen LogP contribution in [-0.4, -0.2) is 24.9 Å². The molecule has 1 aliphatic carbocycles. The third kappa shape index (κ3) is 0.789. The lowest BCUT2D eigenvalue weighted by molar-refractivity contribution is 0.279. The van der Waals surface area contributed by atoms with Crippen LogP contribution in [0.5, 0.6) is 0 Å². The van der Waals surface area contributed by atoms with Crippen molar-refractivity contribution in [2.75, 3.05) is 6.61 Å². The van der Waals surface area contributed by atoms with E-state index in [4.69, 9.17) is 9.47 Å². The van der Waals surface area contributed by atoms with Crippen LogP contribution in [0, 0.1) is 5.92 Å². The van der Waals surface area contributed by atoms with Crippen LogP contribution in [0.15, 0.2) is 0 Å². The summed E-state index contributed by atoms with van der Waals surface area (Å²) in [5, 5.41) is 0. The van der Waals surface area contributed by atoms with E-state index in [1.54, 1.807) is 0 Å². The average Bonchev–Trinajstić information content (AvgIpc) is 2.83. The normalized spacial score (nSPS) is 57.6. The van der Waals surface area contributed by atoms with Gasteiger partial charge in [-0.25, -0.2) is 0 Å². The number of rotatable bonds is 1. The summed E-state index contributed by atoms with van der Waals surface area (Å²) in [4.78, 5) is 0. The molecule has 2 heteroatoms. The van der Waals surface area contributed by atoms with Gasteiger partial charge in [0.05, 0.1) is 24.9 Å². The molecule has 0 radical (unpaired) electrons. The molecule has 2 aliphatic heterocycles. The largest absolute Gasteiger partial charge is 0.373 e. The Morgan fingerprint density at radius 3 is 2.60 bits per heavy atom. The van der Waals surface area contributed by atoms with Crippen LogP contribution < -0.4 is 0 Å². The van der Waals surface area contributed by atoms with Crippen molar-refractivity contribution >= 4 is 0 Å². The first-order chi connectivity index (χ1) is 4.93. The zero-order chi connectivity index (χ0) is 6.55. The smallest absolute Gasteiger partial charge is 0.0845 e. The molecule has 3 fully saturated rings. The molecular weight excluding hydrogens is 128 g/mol. The van der Waals surface area contributed by atoms with Crippen LogP contribution in [0.3, 0.4) is 0 Å². The Balaban J connectivity index is 1.65. The Morgan fingerprint density at radius 2 is 1.90 bits per heavy atom. The summed E-state index contributed by atoms with van der Waals surface area (Å²) in [5.41, 5.74) is 0. The maximum absolute atomic E-state index is 5.43. The monoisotopic (exact) mass is 140 g/mol. The molecule has 0 aromatic rings. The Morgan fingerprint density at radius 1 is 1.00 bits per heavy atom. The lowest BCUT2D eigenvalue weighted by Crippen LogP contribution is -2.17. The number of hydrogen-bond acceptors (Lipinski definition) is 2. The lowest BCUT2D eigenvalue weighted by atomic mass is 9.87. The summed E-state index contributed by atoms with van der Waals surface area (Å²) >= 11 is 0. The first-order valence-corrected chi connectivity index (χ1v) is 4.20. The molecule has 0 aromatic carbocycles. The van der Waals surface area contributed by atoms with Crippen molar-refractivity contribution in [3.8, 4) is 0 Å². The highest BCUT2D eigenvalue weighted by molar-refractivity contribution is 4.96. The van der Waals surface area contributed by atoms with Gasteiger partial charge in [-0.15, -0.1) is 0 Å². The zero-order valence-corrected chi connectivity index (χ0v) is 5.95. The van der Waals surface area contributed by atoms with Gasteiger partial charge in [0.2, 0.25) is 0 Å². The van der Waals surface area contributed by atoms with Crippen LogP contribution in [0.1, 0.15) is 19.3 Å². The Labute approximate surface area is 60.5 Å². The first-order valence-electron chi connectivity index (χ1n) is 4.20. The molecule has 1 saturated carbocycles. The highest BCUT2D eigenvalue weighted by Gasteiger charge is 2.48. The maximum atomic E-state index is 5.43. The minimum absolute atomic E-state index is 0.616. The molecule has 0 N–H and O–H groups in total. The van der Waals surface area contributed by atoms with Crippen molar-refractivity contribution in [1.82, 2.24) is 0 Å². The van der Waals surface area contributed by atoms with E-state index in [-0.39, 0.29) is 0 Å². The van der Waals surface area contributed by atoms with E-state index in [9.17, 15) is 0 Å². The van der Waals surface area contributed by atoms with Crippen molar-refractivity contribution in [2.24, 2.45) is 5.92 Å². The van der Waals surface area contributed by atoms with Crippen LogP contribution in [0.2, 0.25) is 0 Å². The molecule has 2 heterocycles. The van der Waals surface area contributed by atoms with E-state index in [1.807, 2.05) is 0 Å². The van der Waals surface area contributed by atoms with Crippen molar-refractivity contribution in [3.05, 3.63) is 0 Å². The fourth-order valence-electron chi connectivity index (χ4n) is 2.10. The summed E-state index contributed by atoms with van der Waals surface area (Å²) in [6, 6.07) is 0. The molecule has 3 aliphatic rings. The molecule has 4 atom stereocenters. The maximum Gasteiger partial charge on any atom is 0.0845 e. The van der Waals surface area contributed by atoms with Gasteiger partial charge >= 0.3 is 0 Å². The molecule has 0 aromatic heterocycles. The number of ether oxygens (including phenoxy) is 2. The predicted octanol–water partition coefficient (Wildman–Crippen LogP) is 0.953. The first kappa shape index (κ1) is 5.56. The second kappa shape index (κ2) is 1.74. The van der Waals surface area contributed by atoms with E-state index in [1.165, 1.54) is 19.3 Å². The number of epoxide rings is 2. The van der Waals surface area contributed by atoms with E-state index in [0.717, 1.165) is 12.5 Å². The average molecular weight is 140 g/mol. The fraction of sp³-hybridized carbons (Fsp3) is 1.00. The second-order valence-electron chi connectivity index (χ2n) is 3.66. The van der Waals surface area contributed by atoms with Gasteiger partial charge in [-0.1, -0.05) is 0 Å². The molecule has 0 amide bonds. The van der Waals surface area contributed by atoms with Gasteiger partial charge in [0.25, 0.3) is 0 Å². The summed E-state index contributed by atoms with van der Waals surface area (Å²) < 4.78 is 10.7. The highest BCUT2D eigenvalue weighted by atomic mass is 16.6. The highest BCUT2D eigenvalue weighted by Crippen LogP contribution is 2.43. The van der Waals surface area contributed by atoms with Crippen LogP contribution in [0.4, 0.5) is 0 Å². The molecule has 0 bridgehead atoms. The molecule has 10 heavy (non-hydrogen) atoms. The summed E-state index contributed by atoms with van der Waals surface area (Å²) in [6.07, 6.45) is 5.79. The molecule has 2 saturated heterocycles. The fourth-order valence-corrected chi connectivity index (χ4v) is 2.10. The topological polar surface area (TPSA) is 25.1 Å².